The Labute approximate surface area is 112 Å². The van der Waals surface area contributed by atoms with Gasteiger partial charge in [0, 0.05) is 43.4 Å². The minimum absolute atomic E-state index is 0.136. The van der Waals surface area contributed by atoms with Crippen LogP contribution in [0.25, 0.3) is 0 Å². The molecule has 4 rings (SSSR count). The molecule has 2 bridgehead atoms. The third kappa shape index (κ3) is 1.77. The van der Waals surface area contributed by atoms with Gasteiger partial charge in [-0.15, -0.1) is 0 Å². The summed E-state index contributed by atoms with van der Waals surface area (Å²) >= 11 is 0. The van der Waals surface area contributed by atoms with Crippen molar-refractivity contribution in [1.29, 1.82) is 0 Å². The van der Waals surface area contributed by atoms with E-state index in [2.05, 4.69) is 11.0 Å². The highest BCUT2D eigenvalue weighted by atomic mass is 16.3. The molecule has 19 heavy (non-hydrogen) atoms. The Bertz CT molecular complexity index is 553. The summed E-state index contributed by atoms with van der Waals surface area (Å²) < 4.78 is 1.97. The minimum atomic E-state index is -0.147. The van der Waals surface area contributed by atoms with Crippen LogP contribution in [0.15, 0.2) is 23.0 Å². The monoisotopic (exact) mass is 260 g/mol. The average molecular weight is 260 g/mol. The van der Waals surface area contributed by atoms with Crippen molar-refractivity contribution >= 4 is 0 Å². The summed E-state index contributed by atoms with van der Waals surface area (Å²) in [6.45, 7) is 2.90. The Kier molecular flexibility index (Phi) is 2.57. The third-order valence-electron chi connectivity index (χ3n) is 5.24. The first kappa shape index (κ1) is 11.7. The summed E-state index contributed by atoms with van der Waals surface area (Å²) in [6.07, 6.45) is 2.81. The molecule has 3 aliphatic heterocycles. The standard InChI is InChI=1S/C15H20N2O2/c18-12-4-5-16-8-10-6-11(14(16)7-12)9-17-13(10)2-1-3-15(17)19/h1-3,10-12,14,18H,4-9H2/t10-,11-,12-,14+/m1/s1. The number of fused-ring (bicyclic) bond motifs is 6. The molecule has 4 heteroatoms. The number of pyridine rings is 1. The van der Waals surface area contributed by atoms with Crippen LogP contribution in [0, 0.1) is 5.92 Å². The van der Waals surface area contributed by atoms with Crippen LogP contribution in [0.2, 0.25) is 0 Å². The Morgan fingerprint density at radius 1 is 1.21 bits per heavy atom. The van der Waals surface area contributed by atoms with Crippen LogP contribution < -0.4 is 5.56 Å². The van der Waals surface area contributed by atoms with Crippen LogP contribution >= 0.6 is 0 Å². The maximum Gasteiger partial charge on any atom is 0.250 e. The van der Waals surface area contributed by atoms with Crippen LogP contribution in [0.4, 0.5) is 0 Å². The van der Waals surface area contributed by atoms with Crippen LogP contribution in [0.1, 0.15) is 30.9 Å². The Morgan fingerprint density at radius 3 is 3.00 bits per heavy atom. The molecule has 2 saturated heterocycles. The highest BCUT2D eigenvalue weighted by molar-refractivity contribution is 5.18. The minimum Gasteiger partial charge on any atom is -0.393 e. The van der Waals surface area contributed by atoms with E-state index in [9.17, 15) is 9.90 Å². The van der Waals surface area contributed by atoms with E-state index in [1.165, 1.54) is 12.1 Å². The van der Waals surface area contributed by atoms with E-state index in [0.29, 0.717) is 17.9 Å². The Hall–Kier alpha value is -1.13. The van der Waals surface area contributed by atoms with Crippen molar-refractivity contribution in [1.82, 2.24) is 9.47 Å². The zero-order valence-electron chi connectivity index (χ0n) is 11.0. The molecule has 0 unspecified atom stereocenters. The molecule has 1 aromatic heterocycles. The fourth-order valence-electron chi connectivity index (χ4n) is 4.36. The molecule has 1 aromatic rings. The lowest BCUT2D eigenvalue weighted by atomic mass is 9.75. The van der Waals surface area contributed by atoms with Gasteiger partial charge in [-0.3, -0.25) is 9.69 Å². The van der Waals surface area contributed by atoms with Gasteiger partial charge in [0.25, 0.3) is 5.56 Å². The van der Waals surface area contributed by atoms with Crippen molar-refractivity contribution in [3.05, 3.63) is 34.2 Å². The van der Waals surface area contributed by atoms with Gasteiger partial charge < -0.3 is 9.67 Å². The SMILES string of the molecule is O=c1cccc2n1C[C@H]1C[C@@H]2CN2CC[C@@H](O)C[C@@H]12. The Morgan fingerprint density at radius 2 is 2.11 bits per heavy atom. The van der Waals surface area contributed by atoms with Crippen molar-refractivity contribution in [3.8, 4) is 0 Å². The van der Waals surface area contributed by atoms with Gasteiger partial charge in [0.15, 0.2) is 0 Å². The second-order valence-corrected chi connectivity index (χ2v) is 6.33. The molecule has 4 atom stereocenters. The van der Waals surface area contributed by atoms with E-state index in [-0.39, 0.29) is 11.7 Å². The van der Waals surface area contributed by atoms with Crippen LogP contribution in [-0.2, 0) is 6.54 Å². The smallest absolute Gasteiger partial charge is 0.250 e. The van der Waals surface area contributed by atoms with Gasteiger partial charge >= 0.3 is 0 Å². The van der Waals surface area contributed by atoms with Crippen molar-refractivity contribution in [2.75, 3.05) is 13.1 Å². The second-order valence-electron chi connectivity index (χ2n) is 6.33. The van der Waals surface area contributed by atoms with Crippen molar-refractivity contribution in [2.45, 2.75) is 43.9 Å². The van der Waals surface area contributed by atoms with Crippen LogP contribution in [-0.4, -0.2) is 39.8 Å². The average Bonchev–Trinajstić information content (AvgIpc) is 2.41. The zero-order valence-corrected chi connectivity index (χ0v) is 11.0. The topological polar surface area (TPSA) is 45.5 Å². The molecule has 4 nitrogen and oxygen atoms in total. The van der Waals surface area contributed by atoms with Gasteiger partial charge in [0.1, 0.15) is 0 Å². The number of piperidine rings is 2. The van der Waals surface area contributed by atoms with Gasteiger partial charge in [-0.25, -0.2) is 0 Å². The maximum atomic E-state index is 12.0. The molecule has 0 saturated carbocycles. The number of rotatable bonds is 0. The van der Waals surface area contributed by atoms with E-state index in [1.807, 2.05) is 10.6 Å². The van der Waals surface area contributed by atoms with Crippen molar-refractivity contribution in [3.63, 3.8) is 0 Å². The lowest BCUT2D eigenvalue weighted by Gasteiger charge is -2.51. The summed E-state index contributed by atoms with van der Waals surface area (Å²) in [5.74, 6) is 1.03. The summed E-state index contributed by atoms with van der Waals surface area (Å²) in [4.78, 5) is 14.6. The third-order valence-corrected chi connectivity index (χ3v) is 5.24. The van der Waals surface area contributed by atoms with E-state index in [1.54, 1.807) is 6.07 Å². The molecule has 0 radical (unpaired) electrons. The van der Waals surface area contributed by atoms with Gasteiger partial charge in [-0.05, 0) is 31.2 Å². The largest absolute Gasteiger partial charge is 0.393 e. The molecule has 0 spiro atoms. The second kappa shape index (κ2) is 4.18. The zero-order chi connectivity index (χ0) is 13.0. The lowest BCUT2D eigenvalue weighted by molar-refractivity contribution is -0.0247. The van der Waals surface area contributed by atoms with E-state index < -0.39 is 0 Å². The molecular weight excluding hydrogens is 240 g/mol. The normalized spacial score (nSPS) is 37.5. The van der Waals surface area contributed by atoms with E-state index in [4.69, 9.17) is 0 Å². The summed E-state index contributed by atoms with van der Waals surface area (Å²) in [5.41, 5.74) is 1.35. The van der Waals surface area contributed by atoms with Crippen molar-refractivity contribution in [2.24, 2.45) is 5.92 Å². The fourth-order valence-corrected chi connectivity index (χ4v) is 4.36. The van der Waals surface area contributed by atoms with Crippen LogP contribution in [0.5, 0.6) is 0 Å². The predicted molar refractivity (Wildman–Crippen MR) is 72.2 cm³/mol. The van der Waals surface area contributed by atoms with Gasteiger partial charge in [0.05, 0.1) is 6.10 Å². The highest BCUT2D eigenvalue weighted by Gasteiger charge is 2.43. The molecule has 0 aromatic carbocycles. The molecule has 3 aliphatic rings. The first-order chi connectivity index (χ1) is 9.22. The predicted octanol–water partition coefficient (Wildman–Crippen LogP) is 0.791. The van der Waals surface area contributed by atoms with Gasteiger partial charge in [0.2, 0.25) is 0 Å². The molecular formula is C15H20N2O2. The van der Waals surface area contributed by atoms with Crippen molar-refractivity contribution < 1.29 is 5.11 Å². The molecule has 0 aliphatic carbocycles. The van der Waals surface area contributed by atoms with E-state index >= 15 is 0 Å². The molecule has 2 fully saturated rings. The molecule has 0 amide bonds. The molecule has 102 valence electrons. The Balaban J connectivity index is 1.73. The first-order valence-electron chi connectivity index (χ1n) is 7.34. The van der Waals surface area contributed by atoms with Gasteiger partial charge in [-0.2, -0.15) is 0 Å². The maximum absolute atomic E-state index is 12.0. The number of hydrogen-bond acceptors (Lipinski definition) is 3. The number of aliphatic hydroxyl groups excluding tert-OH is 1. The summed E-state index contributed by atoms with van der Waals surface area (Å²) in [6, 6.07) is 6.14. The van der Waals surface area contributed by atoms with E-state index in [0.717, 1.165) is 32.5 Å². The molecule has 4 heterocycles. The molecule has 1 N–H and O–H groups in total. The fraction of sp³-hybridized carbons (Fsp3) is 0.667. The highest BCUT2D eigenvalue weighted by Crippen LogP contribution is 2.41. The number of nitrogens with zero attached hydrogens (tertiary/aromatic N) is 2. The summed E-state index contributed by atoms with van der Waals surface area (Å²) in [5, 5.41) is 9.90. The van der Waals surface area contributed by atoms with Crippen LogP contribution in [0.3, 0.4) is 0 Å². The van der Waals surface area contributed by atoms with Gasteiger partial charge in [-0.1, -0.05) is 6.07 Å². The number of hydrogen-bond donors (Lipinski definition) is 1. The number of aliphatic hydroxyl groups is 1. The summed E-state index contributed by atoms with van der Waals surface area (Å²) in [7, 11) is 0. The quantitative estimate of drug-likeness (QED) is 0.750. The number of aromatic nitrogens is 1. The lowest BCUT2D eigenvalue weighted by Crippen LogP contribution is -2.56. The first-order valence-corrected chi connectivity index (χ1v) is 7.34.